The van der Waals surface area contributed by atoms with E-state index < -0.39 is 0 Å². The van der Waals surface area contributed by atoms with Crippen molar-refractivity contribution in [3.05, 3.63) is 30.0 Å². The number of likely N-dealkylation sites (N-methyl/N-ethyl adjacent to an activating group) is 1. The highest BCUT2D eigenvalue weighted by molar-refractivity contribution is 5.79. The Morgan fingerprint density at radius 3 is 2.86 bits per heavy atom. The van der Waals surface area contributed by atoms with Gasteiger partial charge < -0.3 is 10.2 Å². The van der Waals surface area contributed by atoms with Gasteiger partial charge in [-0.3, -0.25) is 4.68 Å². The normalized spacial score (nSPS) is 30.2. The summed E-state index contributed by atoms with van der Waals surface area (Å²) in [5.74, 6) is 0.807. The van der Waals surface area contributed by atoms with Gasteiger partial charge in [0.15, 0.2) is 0 Å². The number of likely N-dealkylation sites (tertiary alicyclic amines) is 1. The molecule has 1 N–H and O–H groups in total. The van der Waals surface area contributed by atoms with Gasteiger partial charge >= 0.3 is 0 Å². The zero-order valence-corrected chi connectivity index (χ0v) is 13.6. The molecule has 0 saturated carbocycles. The molecule has 2 aliphatic heterocycles. The first-order valence-electron chi connectivity index (χ1n) is 8.60. The van der Waals surface area contributed by atoms with Crippen LogP contribution < -0.4 is 5.32 Å². The number of rotatable bonds is 2. The molecule has 2 aromatic rings. The molecule has 4 nitrogen and oxygen atoms in total. The Bertz CT molecular complexity index is 654. The molecule has 0 aliphatic carbocycles. The van der Waals surface area contributed by atoms with Gasteiger partial charge in [0.05, 0.1) is 11.6 Å². The zero-order chi connectivity index (χ0) is 15.1. The van der Waals surface area contributed by atoms with Crippen molar-refractivity contribution in [1.82, 2.24) is 20.0 Å². The van der Waals surface area contributed by atoms with E-state index in [4.69, 9.17) is 5.10 Å². The Morgan fingerprint density at radius 1 is 1.23 bits per heavy atom. The monoisotopic (exact) mass is 298 g/mol. The highest BCUT2D eigenvalue weighted by atomic mass is 15.3. The lowest BCUT2D eigenvalue weighted by molar-refractivity contribution is 0.333. The number of nitrogens with zero attached hydrogens (tertiary/aromatic N) is 3. The molecule has 0 radical (unpaired) electrons. The molecule has 3 atom stereocenters. The van der Waals surface area contributed by atoms with E-state index in [9.17, 15) is 0 Å². The van der Waals surface area contributed by atoms with E-state index in [0.29, 0.717) is 12.1 Å². The Hall–Kier alpha value is -1.39. The summed E-state index contributed by atoms with van der Waals surface area (Å²) >= 11 is 0. The molecule has 0 spiro atoms. The maximum absolute atomic E-state index is 4.80. The highest BCUT2D eigenvalue weighted by Gasteiger charge is 2.23. The second kappa shape index (κ2) is 5.67. The van der Waals surface area contributed by atoms with Gasteiger partial charge in [0.25, 0.3) is 0 Å². The number of hydrogen-bond donors (Lipinski definition) is 1. The summed E-state index contributed by atoms with van der Waals surface area (Å²) < 4.78 is 2.19. The van der Waals surface area contributed by atoms with E-state index in [-0.39, 0.29) is 0 Å². The minimum Gasteiger partial charge on any atom is -0.310 e. The van der Waals surface area contributed by atoms with Crippen molar-refractivity contribution in [2.24, 2.45) is 5.92 Å². The lowest BCUT2D eigenvalue weighted by Gasteiger charge is -2.28. The van der Waals surface area contributed by atoms with Crippen molar-refractivity contribution in [3.63, 3.8) is 0 Å². The third-order valence-electron chi connectivity index (χ3n) is 5.35. The van der Waals surface area contributed by atoms with Crippen LogP contribution in [-0.4, -0.2) is 41.4 Å². The van der Waals surface area contributed by atoms with Crippen molar-refractivity contribution in [3.8, 4) is 0 Å². The Balaban J connectivity index is 1.58. The first-order chi connectivity index (χ1) is 10.7. The average Bonchev–Trinajstić information content (AvgIpc) is 3.13. The second-order valence-corrected chi connectivity index (χ2v) is 7.28. The van der Waals surface area contributed by atoms with Crippen LogP contribution in [0, 0.1) is 5.92 Å². The molecule has 1 aromatic heterocycles. The first-order valence-corrected chi connectivity index (χ1v) is 8.60. The minimum absolute atomic E-state index is 0.515. The fourth-order valence-corrected chi connectivity index (χ4v) is 3.88. The van der Waals surface area contributed by atoms with Crippen molar-refractivity contribution in [2.75, 3.05) is 26.7 Å². The van der Waals surface area contributed by atoms with Crippen LogP contribution in [0.15, 0.2) is 24.4 Å². The number of nitrogens with one attached hydrogen (secondary N) is 1. The van der Waals surface area contributed by atoms with Crippen molar-refractivity contribution < 1.29 is 0 Å². The van der Waals surface area contributed by atoms with Gasteiger partial charge in [-0.2, -0.15) is 5.10 Å². The van der Waals surface area contributed by atoms with E-state index in [1.54, 1.807) is 0 Å². The van der Waals surface area contributed by atoms with Crippen molar-refractivity contribution in [2.45, 2.75) is 38.3 Å². The van der Waals surface area contributed by atoms with Gasteiger partial charge in [0.2, 0.25) is 0 Å². The summed E-state index contributed by atoms with van der Waals surface area (Å²) in [5, 5.41) is 9.77. The van der Waals surface area contributed by atoms with Crippen LogP contribution in [0.5, 0.6) is 0 Å². The summed E-state index contributed by atoms with van der Waals surface area (Å²) in [5.41, 5.74) is 2.55. The van der Waals surface area contributed by atoms with Crippen molar-refractivity contribution in [1.29, 1.82) is 0 Å². The maximum atomic E-state index is 4.80. The van der Waals surface area contributed by atoms with E-state index in [1.165, 1.54) is 36.8 Å². The highest BCUT2D eigenvalue weighted by Crippen LogP contribution is 2.29. The fraction of sp³-hybridized carbons (Fsp3) is 0.611. The molecule has 118 valence electrons. The smallest absolute Gasteiger partial charge is 0.0923 e. The molecule has 0 amide bonds. The number of piperidine rings is 1. The van der Waals surface area contributed by atoms with Gasteiger partial charge in [-0.25, -0.2) is 0 Å². The molecule has 2 fully saturated rings. The number of aromatic nitrogens is 2. The Morgan fingerprint density at radius 2 is 2.14 bits per heavy atom. The predicted molar refractivity (Wildman–Crippen MR) is 90.0 cm³/mol. The largest absolute Gasteiger partial charge is 0.310 e. The van der Waals surface area contributed by atoms with Gasteiger partial charge in [0.1, 0.15) is 0 Å². The molecule has 4 heteroatoms. The molecular weight excluding hydrogens is 272 g/mol. The zero-order valence-electron chi connectivity index (χ0n) is 13.6. The minimum atomic E-state index is 0.515. The lowest BCUT2D eigenvalue weighted by atomic mass is 9.92. The quantitative estimate of drug-likeness (QED) is 0.925. The molecule has 0 bridgehead atoms. The van der Waals surface area contributed by atoms with E-state index in [2.05, 4.69) is 53.3 Å². The number of hydrogen-bond acceptors (Lipinski definition) is 3. The molecule has 22 heavy (non-hydrogen) atoms. The molecule has 2 aliphatic rings. The first kappa shape index (κ1) is 14.2. The van der Waals surface area contributed by atoms with Gasteiger partial charge in [-0.15, -0.1) is 0 Å². The number of benzene rings is 1. The summed E-state index contributed by atoms with van der Waals surface area (Å²) in [7, 11) is 2.19. The second-order valence-electron chi connectivity index (χ2n) is 7.28. The molecule has 4 rings (SSSR count). The van der Waals surface area contributed by atoms with E-state index in [1.807, 2.05) is 0 Å². The molecule has 3 heterocycles. The summed E-state index contributed by atoms with van der Waals surface area (Å²) in [6.07, 6.45) is 6.02. The topological polar surface area (TPSA) is 33.1 Å². The fourth-order valence-electron chi connectivity index (χ4n) is 3.88. The van der Waals surface area contributed by atoms with Crippen LogP contribution in [0.2, 0.25) is 0 Å². The van der Waals surface area contributed by atoms with Crippen LogP contribution >= 0.6 is 0 Å². The molecular formula is C18H26N4. The van der Waals surface area contributed by atoms with Crippen LogP contribution in [-0.2, 0) is 0 Å². The summed E-state index contributed by atoms with van der Waals surface area (Å²) in [6, 6.07) is 7.84. The van der Waals surface area contributed by atoms with Gasteiger partial charge in [-0.05, 0) is 63.0 Å². The van der Waals surface area contributed by atoms with Crippen LogP contribution in [0.25, 0.3) is 10.9 Å². The molecule has 1 aromatic carbocycles. The predicted octanol–water partition coefficient (Wildman–Crippen LogP) is 2.97. The van der Waals surface area contributed by atoms with Crippen LogP contribution in [0.3, 0.4) is 0 Å². The maximum Gasteiger partial charge on any atom is 0.0923 e. The van der Waals surface area contributed by atoms with Gasteiger partial charge in [-0.1, -0.05) is 13.0 Å². The van der Waals surface area contributed by atoms with E-state index in [0.717, 1.165) is 24.5 Å². The Kier molecular flexibility index (Phi) is 3.66. The number of fused-ring (bicyclic) bond motifs is 1. The van der Waals surface area contributed by atoms with E-state index >= 15 is 0 Å². The SMILES string of the molecule is C[C@H]1CCC(c2ccc3nn([C@H]4CCN(C)C4)cc3c2)NC1. The third kappa shape index (κ3) is 2.66. The van der Waals surface area contributed by atoms with Gasteiger partial charge in [0, 0.05) is 24.2 Å². The summed E-state index contributed by atoms with van der Waals surface area (Å²) in [4.78, 5) is 2.38. The molecule has 2 saturated heterocycles. The molecule has 1 unspecified atom stereocenters. The third-order valence-corrected chi connectivity index (χ3v) is 5.35. The summed E-state index contributed by atoms with van der Waals surface area (Å²) in [6.45, 7) is 5.75. The Labute approximate surface area is 132 Å². The van der Waals surface area contributed by atoms with Crippen LogP contribution in [0.4, 0.5) is 0 Å². The standard InChI is InChI=1S/C18H26N4/c1-13-3-5-17(19-10-13)14-4-6-18-15(9-14)11-22(20-18)16-7-8-21(2)12-16/h4,6,9,11,13,16-17,19H,3,5,7-8,10,12H2,1-2H3/t13-,16-,17?/m0/s1. The lowest BCUT2D eigenvalue weighted by Crippen LogP contribution is -2.31. The average molecular weight is 298 g/mol. The van der Waals surface area contributed by atoms with Crippen molar-refractivity contribution >= 4 is 10.9 Å². The van der Waals surface area contributed by atoms with Crippen LogP contribution in [0.1, 0.15) is 43.8 Å².